The summed E-state index contributed by atoms with van der Waals surface area (Å²) >= 11 is 5.82. The summed E-state index contributed by atoms with van der Waals surface area (Å²) in [7, 11) is 0. The van der Waals surface area contributed by atoms with Crippen LogP contribution < -0.4 is 10.5 Å². The molecule has 0 aliphatic carbocycles. The van der Waals surface area contributed by atoms with Gasteiger partial charge in [0.05, 0.1) is 16.8 Å². The van der Waals surface area contributed by atoms with Gasteiger partial charge in [0, 0.05) is 0 Å². The second-order valence-corrected chi connectivity index (χ2v) is 3.82. The van der Waals surface area contributed by atoms with Crippen LogP contribution in [0.3, 0.4) is 0 Å². The molecular weight excluding hydrogens is 275 g/mol. The highest BCUT2D eigenvalue weighted by atomic mass is 35.5. The molecule has 0 aliphatic rings. The smallest absolute Gasteiger partial charge is 0.250 e. The summed E-state index contributed by atoms with van der Waals surface area (Å²) in [4.78, 5) is 0. The molecule has 0 saturated heterocycles. The van der Waals surface area contributed by atoms with Crippen molar-refractivity contribution in [2.24, 2.45) is 10.9 Å². The maximum atomic E-state index is 12.9. The monoisotopic (exact) mass is 282 g/mol. The number of nitrogens with zero attached hydrogens (tertiary/aromatic N) is 3. The molecule has 8 heteroatoms. The molecule has 0 bridgehead atoms. The number of oxime groups is 1. The van der Waals surface area contributed by atoms with Crippen LogP contribution in [0.15, 0.2) is 35.6 Å². The molecule has 1 heterocycles. The van der Waals surface area contributed by atoms with Crippen LogP contribution in [0.1, 0.15) is 5.56 Å². The average Bonchev–Trinajstić information content (AvgIpc) is 2.41. The van der Waals surface area contributed by atoms with Crippen molar-refractivity contribution in [1.82, 2.24) is 10.2 Å². The van der Waals surface area contributed by atoms with Crippen LogP contribution in [0.25, 0.3) is 0 Å². The van der Waals surface area contributed by atoms with E-state index in [-0.39, 0.29) is 28.1 Å². The minimum Gasteiger partial charge on any atom is -0.435 e. The van der Waals surface area contributed by atoms with Gasteiger partial charge in [-0.2, -0.15) is 5.10 Å². The zero-order valence-corrected chi connectivity index (χ0v) is 10.2. The quantitative estimate of drug-likeness (QED) is 0.389. The van der Waals surface area contributed by atoms with Gasteiger partial charge in [0.25, 0.3) is 0 Å². The standard InChI is InChI=1S/C11H8ClFN4O2/c12-8-5-6(13)1-2-9(8)19-11-7(10(14)17-18)3-4-15-16-11/h1-5,18H,(H2,14,17). The number of aromatic nitrogens is 2. The Bertz CT molecular complexity index is 636. The Kier molecular flexibility index (Phi) is 3.76. The molecule has 3 N–H and O–H groups in total. The lowest BCUT2D eigenvalue weighted by Crippen LogP contribution is -2.15. The fourth-order valence-electron chi connectivity index (χ4n) is 1.31. The first kappa shape index (κ1) is 13.0. The van der Waals surface area contributed by atoms with Gasteiger partial charge in [-0.1, -0.05) is 16.8 Å². The molecule has 2 rings (SSSR count). The van der Waals surface area contributed by atoms with Crippen LogP contribution in [0.5, 0.6) is 11.6 Å². The normalized spacial score (nSPS) is 11.4. The molecule has 0 atom stereocenters. The molecule has 0 unspecified atom stereocenters. The van der Waals surface area contributed by atoms with Gasteiger partial charge in [0.15, 0.2) is 5.84 Å². The molecule has 0 saturated carbocycles. The second kappa shape index (κ2) is 5.49. The van der Waals surface area contributed by atoms with Crippen molar-refractivity contribution in [2.45, 2.75) is 0 Å². The van der Waals surface area contributed by atoms with Crippen LogP contribution in [0, 0.1) is 5.82 Å². The van der Waals surface area contributed by atoms with E-state index in [1.807, 2.05) is 0 Å². The van der Waals surface area contributed by atoms with Gasteiger partial charge < -0.3 is 15.7 Å². The van der Waals surface area contributed by atoms with Gasteiger partial charge in [0.2, 0.25) is 5.88 Å². The molecule has 0 aliphatic heterocycles. The van der Waals surface area contributed by atoms with E-state index < -0.39 is 5.82 Å². The Morgan fingerprint density at radius 3 is 2.89 bits per heavy atom. The van der Waals surface area contributed by atoms with E-state index in [9.17, 15) is 4.39 Å². The largest absolute Gasteiger partial charge is 0.435 e. The average molecular weight is 283 g/mol. The Morgan fingerprint density at radius 1 is 1.42 bits per heavy atom. The second-order valence-electron chi connectivity index (χ2n) is 3.41. The van der Waals surface area contributed by atoms with E-state index in [1.165, 1.54) is 24.4 Å². The SMILES string of the molecule is N/C(=N/O)c1ccnnc1Oc1ccc(F)cc1Cl. The highest BCUT2D eigenvalue weighted by Gasteiger charge is 2.13. The third kappa shape index (κ3) is 2.89. The number of hydrogen-bond acceptors (Lipinski definition) is 5. The summed E-state index contributed by atoms with van der Waals surface area (Å²) in [6.07, 6.45) is 1.35. The molecule has 98 valence electrons. The third-order valence-corrected chi connectivity index (χ3v) is 2.47. The molecule has 0 fully saturated rings. The Balaban J connectivity index is 2.38. The fourth-order valence-corrected chi connectivity index (χ4v) is 1.51. The van der Waals surface area contributed by atoms with Gasteiger partial charge in [-0.25, -0.2) is 4.39 Å². The minimum atomic E-state index is -0.492. The fraction of sp³-hybridized carbons (Fsp3) is 0. The lowest BCUT2D eigenvalue weighted by atomic mass is 10.2. The summed E-state index contributed by atoms with van der Waals surface area (Å²) in [5.41, 5.74) is 5.70. The van der Waals surface area contributed by atoms with Crippen molar-refractivity contribution in [3.8, 4) is 11.6 Å². The first-order chi connectivity index (χ1) is 9.11. The van der Waals surface area contributed by atoms with E-state index in [1.54, 1.807) is 0 Å². The van der Waals surface area contributed by atoms with Gasteiger partial charge in [0.1, 0.15) is 11.6 Å². The third-order valence-electron chi connectivity index (χ3n) is 2.17. The number of nitrogens with two attached hydrogens (primary N) is 1. The van der Waals surface area contributed by atoms with Gasteiger partial charge >= 0.3 is 0 Å². The first-order valence-electron chi connectivity index (χ1n) is 5.04. The number of amidine groups is 1. The summed E-state index contributed by atoms with van der Waals surface area (Å²) in [5.74, 6) is -0.516. The summed E-state index contributed by atoms with van der Waals surface area (Å²) in [5, 5.41) is 18.9. The maximum absolute atomic E-state index is 12.9. The number of hydrogen-bond donors (Lipinski definition) is 2. The highest BCUT2D eigenvalue weighted by Crippen LogP contribution is 2.30. The zero-order valence-electron chi connectivity index (χ0n) is 9.42. The molecule has 0 radical (unpaired) electrons. The number of rotatable bonds is 3. The van der Waals surface area contributed by atoms with E-state index in [0.29, 0.717) is 0 Å². The van der Waals surface area contributed by atoms with Gasteiger partial charge in [-0.3, -0.25) is 0 Å². The summed E-state index contributed by atoms with van der Waals surface area (Å²) in [6.45, 7) is 0. The van der Waals surface area contributed by atoms with E-state index in [0.717, 1.165) is 6.07 Å². The van der Waals surface area contributed by atoms with Crippen molar-refractivity contribution in [3.05, 3.63) is 46.9 Å². The predicted molar refractivity (Wildman–Crippen MR) is 66.0 cm³/mol. The molecule has 1 aromatic carbocycles. The number of halogens is 2. The Morgan fingerprint density at radius 2 is 2.21 bits per heavy atom. The van der Waals surface area contributed by atoms with E-state index >= 15 is 0 Å². The zero-order chi connectivity index (χ0) is 13.8. The lowest BCUT2D eigenvalue weighted by Gasteiger charge is -2.09. The number of benzene rings is 1. The molecule has 0 amide bonds. The van der Waals surface area contributed by atoms with E-state index in [4.69, 9.17) is 27.3 Å². The minimum absolute atomic E-state index is 0.00805. The van der Waals surface area contributed by atoms with E-state index in [2.05, 4.69) is 15.4 Å². The molecular formula is C11H8ClFN4O2. The number of ether oxygens (including phenoxy) is 1. The van der Waals surface area contributed by atoms with Crippen LogP contribution in [-0.2, 0) is 0 Å². The molecule has 2 aromatic rings. The topological polar surface area (TPSA) is 93.6 Å². The highest BCUT2D eigenvalue weighted by molar-refractivity contribution is 6.32. The van der Waals surface area contributed by atoms with Crippen molar-refractivity contribution in [3.63, 3.8) is 0 Å². The predicted octanol–water partition coefficient (Wildman–Crippen LogP) is 2.16. The Hall–Kier alpha value is -2.41. The summed E-state index contributed by atoms with van der Waals surface area (Å²) < 4.78 is 18.3. The van der Waals surface area contributed by atoms with Crippen LogP contribution in [0.2, 0.25) is 5.02 Å². The molecule has 19 heavy (non-hydrogen) atoms. The molecule has 0 spiro atoms. The van der Waals surface area contributed by atoms with Crippen molar-refractivity contribution >= 4 is 17.4 Å². The molecule has 1 aromatic heterocycles. The Labute approximate surface area is 112 Å². The van der Waals surface area contributed by atoms with Crippen molar-refractivity contribution in [1.29, 1.82) is 0 Å². The van der Waals surface area contributed by atoms with Gasteiger partial charge in [-0.05, 0) is 24.3 Å². The van der Waals surface area contributed by atoms with Crippen LogP contribution in [-0.4, -0.2) is 21.2 Å². The van der Waals surface area contributed by atoms with Crippen molar-refractivity contribution < 1.29 is 14.3 Å². The first-order valence-corrected chi connectivity index (χ1v) is 5.42. The lowest BCUT2D eigenvalue weighted by molar-refractivity contribution is 0.318. The van der Waals surface area contributed by atoms with Crippen LogP contribution in [0.4, 0.5) is 4.39 Å². The maximum Gasteiger partial charge on any atom is 0.250 e. The molecule has 6 nitrogen and oxygen atoms in total. The van der Waals surface area contributed by atoms with Gasteiger partial charge in [-0.15, -0.1) is 5.10 Å². The summed E-state index contributed by atoms with van der Waals surface area (Å²) in [6, 6.07) is 5.06. The van der Waals surface area contributed by atoms with Crippen molar-refractivity contribution in [2.75, 3.05) is 0 Å². The van der Waals surface area contributed by atoms with Crippen LogP contribution >= 0.6 is 11.6 Å².